The molecule has 66 valence electrons. The molecule has 0 saturated heterocycles. The Labute approximate surface area is 81.9 Å². The monoisotopic (exact) mass is 191 g/mol. The highest BCUT2D eigenvalue weighted by Gasteiger charge is 2.24. The highest BCUT2D eigenvalue weighted by atomic mass is 35.5. The molecule has 1 aromatic carbocycles. The van der Waals surface area contributed by atoms with Crippen molar-refractivity contribution in [2.45, 2.75) is 18.9 Å². The summed E-state index contributed by atoms with van der Waals surface area (Å²) in [5, 5.41) is 2.12. The van der Waals surface area contributed by atoms with E-state index in [1.165, 1.54) is 23.7 Å². The first-order valence-corrected chi connectivity index (χ1v) is 4.98. The molecule has 0 atom stereocenters. The van der Waals surface area contributed by atoms with Gasteiger partial charge in [0.25, 0.3) is 0 Å². The fourth-order valence-corrected chi connectivity index (χ4v) is 1.96. The van der Waals surface area contributed by atoms with Gasteiger partial charge in [-0.25, -0.2) is 0 Å². The molecule has 0 bridgehead atoms. The van der Waals surface area contributed by atoms with Crippen LogP contribution in [0.1, 0.15) is 18.9 Å². The van der Waals surface area contributed by atoms with Gasteiger partial charge in [-0.3, -0.25) is 0 Å². The second-order valence-corrected chi connectivity index (χ2v) is 4.09. The van der Waals surface area contributed by atoms with Crippen molar-refractivity contribution in [2.75, 3.05) is 0 Å². The van der Waals surface area contributed by atoms with Gasteiger partial charge in [-0.05, 0) is 36.4 Å². The van der Waals surface area contributed by atoms with Crippen LogP contribution in [0, 0.1) is 0 Å². The molecule has 0 spiro atoms. The minimum atomic E-state index is 0.732. The zero-order chi connectivity index (χ0) is 8.84. The van der Waals surface area contributed by atoms with Crippen molar-refractivity contribution >= 4 is 22.5 Å². The van der Waals surface area contributed by atoms with Crippen LogP contribution in [0.2, 0.25) is 5.02 Å². The highest BCUT2D eigenvalue weighted by Crippen LogP contribution is 2.38. The van der Waals surface area contributed by atoms with Crippen molar-refractivity contribution in [2.24, 2.45) is 0 Å². The molecule has 2 heteroatoms. The quantitative estimate of drug-likeness (QED) is 0.649. The Morgan fingerprint density at radius 3 is 2.85 bits per heavy atom. The molecule has 1 saturated carbocycles. The van der Waals surface area contributed by atoms with Crippen molar-refractivity contribution in [1.29, 1.82) is 0 Å². The molecule has 1 heterocycles. The van der Waals surface area contributed by atoms with Crippen LogP contribution in [0.5, 0.6) is 0 Å². The van der Waals surface area contributed by atoms with Crippen LogP contribution in [0.3, 0.4) is 0 Å². The van der Waals surface area contributed by atoms with Crippen LogP contribution >= 0.6 is 11.6 Å². The van der Waals surface area contributed by atoms with Crippen LogP contribution < -0.4 is 0 Å². The Bertz CT molecular complexity index is 454. The van der Waals surface area contributed by atoms with Gasteiger partial charge in [-0.2, -0.15) is 0 Å². The first-order chi connectivity index (χ1) is 6.34. The highest BCUT2D eigenvalue weighted by molar-refractivity contribution is 6.31. The Balaban J connectivity index is 2.29. The number of rotatable bonds is 1. The predicted molar refractivity (Wildman–Crippen MR) is 55.2 cm³/mol. The number of benzene rings is 1. The maximum absolute atomic E-state index is 5.96. The molecule has 0 N–H and O–H groups in total. The molecule has 3 rings (SSSR count). The lowest BCUT2D eigenvalue weighted by atomic mass is 10.2. The van der Waals surface area contributed by atoms with Crippen molar-refractivity contribution in [3.63, 3.8) is 0 Å². The van der Waals surface area contributed by atoms with Gasteiger partial charge in [-0.1, -0.05) is 17.7 Å². The Kier molecular flexibility index (Phi) is 1.44. The third kappa shape index (κ3) is 1.15. The van der Waals surface area contributed by atoms with E-state index in [1.54, 1.807) is 0 Å². The van der Waals surface area contributed by atoms with E-state index < -0.39 is 0 Å². The van der Waals surface area contributed by atoms with Crippen LogP contribution in [0.25, 0.3) is 10.9 Å². The summed E-state index contributed by atoms with van der Waals surface area (Å²) in [5.41, 5.74) is 1.27. The SMILES string of the molecule is Clc1ccc2ccn(C3CC3)c2c1. The van der Waals surface area contributed by atoms with E-state index in [-0.39, 0.29) is 0 Å². The Morgan fingerprint density at radius 2 is 2.08 bits per heavy atom. The first kappa shape index (κ1) is 7.45. The largest absolute Gasteiger partial charge is 0.344 e. The van der Waals surface area contributed by atoms with E-state index in [2.05, 4.69) is 29.0 Å². The summed E-state index contributed by atoms with van der Waals surface area (Å²) in [7, 11) is 0. The molecular weight excluding hydrogens is 182 g/mol. The second-order valence-electron chi connectivity index (χ2n) is 3.66. The Morgan fingerprint density at radius 1 is 1.23 bits per heavy atom. The van der Waals surface area contributed by atoms with Gasteiger partial charge in [0.15, 0.2) is 0 Å². The molecule has 0 radical (unpaired) electrons. The maximum atomic E-state index is 5.96. The van der Waals surface area contributed by atoms with E-state index in [1.807, 2.05) is 6.07 Å². The smallest absolute Gasteiger partial charge is 0.0497 e. The fourth-order valence-electron chi connectivity index (χ4n) is 1.79. The van der Waals surface area contributed by atoms with Crippen molar-refractivity contribution < 1.29 is 0 Å². The molecule has 1 fully saturated rings. The summed E-state index contributed by atoms with van der Waals surface area (Å²) >= 11 is 5.96. The number of hydrogen-bond donors (Lipinski definition) is 0. The van der Waals surface area contributed by atoms with Crippen LogP contribution in [0.4, 0.5) is 0 Å². The lowest BCUT2D eigenvalue weighted by Gasteiger charge is -2.01. The zero-order valence-electron chi connectivity index (χ0n) is 7.20. The van der Waals surface area contributed by atoms with Gasteiger partial charge >= 0.3 is 0 Å². The van der Waals surface area contributed by atoms with E-state index in [0.29, 0.717) is 0 Å². The molecule has 1 aliphatic rings. The number of halogens is 1. The number of hydrogen-bond acceptors (Lipinski definition) is 0. The van der Waals surface area contributed by atoms with E-state index in [9.17, 15) is 0 Å². The molecule has 13 heavy (non-hydrogen) atoms. The van der Waals surface area contributed by atoms with Gasteiger partial charge in [0.2, 0.25) is 0 Å². The zero-order valence-corrected chi connectivity index (χ0v) is 7.96. The summed E-state index contributed by atoms with van der Waals surface area (Å²) in [6.07, 6.45) is 4.80. The standard InChI is InChI=1S/C11H10ClN/c12-9-2-1-8-5-6-13(10-3-4-10)11(8)7-9/h1-2,5-7,10H,3-4H2. The van der Waals surface area contributed by atoms with Crippen molar-refractivity contribution in [3.05, 3.63) is 35.5 Å². The van der Waals surface area contributed by atoms with Gasteiger partial charge in [-0.15, -0.1) is 0 Å². The molecule has 2 aromatic rings. The lowest BCUT2D eigenvalue weighted by molar-refractivity contribution is 0.776. The summed E-state index contributed by atoms with van der Waals surface area (Å²) in [6, 6.07) is 8.97. The number of fused-ring (bicyclic) bond motifs is 1. The minimum Gasteiger partial charge on any atom is -0.344 e. The summed E-state index contributed by atoms with van der Waals surface area (Å²) in [4.78, 5) is 0. The summed E-state index contributed by atoms with van der Waals surface area (Å²) in [6.45, 7) is 0. The van der Waals surface area contributed by atoms with Gasteiger partial charge in [0.1, 0.15) is 0 Å². The molecule has 1 aliphatic carbocycles. The minimum absolute atomic E-state index is 0.732. The average Bonchev–Trinajstić information content (AvgIpc) is 2.87. The third-order valence-corrected chi connectivity index (χ3v) is 2.86. The summed E-state index contributed by atoms with van der Waals surface area (Å²) in [5.74, 6) is 0. The molecular formula is C11H10ClN. The number of nitrogens with zero attached hydrogens (tertiary/aromatic N) is 1. The van der Waals surface area contributed by atoms with Crippen molar-refractivity contribution in [3.8, 4) is 0 Å². The van der Waals surface area contributed by atoms with Crippen LogP contribution in [-0.2, 0) is 0 Å². The van der Waals surface area contributed by atoms with E-state index in [0.717, 1.165) is 11.1 Å². The molecule has 1 aromatic heterocycles. The second kappa shape index (κ2) is 2.52. The Hall–Kier alpha value is -0.950. The normalized spacial score (nSPS) is 16.7. The van der Waals surface area contributed by atoms with Gasteiger partial charge in [0.05, 0.1) is 0 Å². The molecule has 0 unspecified atom stereocenters. The number of aromatic nitrogens is 1. The fraction of sp³-hybridized carbons (Fsp3) is 0.273. The molecule has 0 aliphatic heterocycles. The molecule has 0 amide bonds. The lowest BCUT2D eigenvalue weighted by Crippen LogP contribution is -1.89. The third-order valence-electron chi connectivity index (χ3n) is 2.63. The van der Waals surface area contributed by atoms with E-state index >= 15 is 0 Å². The van der Waals surface area contributed by atoms with E-state index in [4.69, 9.17) is 11.6 Å². The topological polar surface area (TPSA) is 4.93 Å². The maximum Gasteiger partial charge on any atom is 0.0497 e. The predicted octanol–water partition coefficient (Wildman–Crippen LogP) is 3.63. The van der Waals surface area contributed by atoms with Crippen molar-refractivity contribution in [1.82, 2.24) is 4.57 Å². The van der Waals surface area contributed by atoms with Crippen LogP contribution in [-0.4, -0.2) is 4.57 Å². The van der Waals surface area contributed by atoms with Gasteiger partial charge < -0.3 is 4.57 Å². The van der Waals surface area contributed by atoms with Crippen LogP contribution in [0.15, 0.2) is 30.5 Å². The molecule has 1 nitrogen and oxygen atoms in total. The summed E-state index contributed by atoms with van der Waals surface area (Å²) < 4.78 is 2.33. The average molecular weight is 192 g/mol. The van der Waals surface area contributed by atoms with Gasteiger partial charge in [0, 0.05) is 22.8 Å². The first-order valence-electron chi connectivity index (χ1n) is 4.61.